The molecule has 0 bridgehead atoms. The molecule has 0 saturated heterocycles. The van der Waals surface area contributed by atoms with E-state index in [9.17, 15) is 5.11 Å². The van der Waals surface area contributed by atoms with Crippen LogP contribution in [0.5, 0.6) is 0 Å². The van der Waals surface area contributed by atoms with E-state index in [1.807, 2.05) is 0 Å². The van der Waals surface area contributed by atoms with E-state index in [0.29, 0.717) is 24.3 Å². The van der Waals surface area contributed by atoms with Crippen LogP contribution in [0.3, 0.4) is 0 Å². The lowest BCUT2D eigenvalue weighted by molar-refractivity contribution is 0.220. The molecule has 0 unspecified atom stereocenters. The number of nitrogens with one attached hydrogen (secondary N) is 4. The van der Waals surface area contributed by atoms with Crippen molar-refractivity contribution in [3.8, 4) is 0 Å². The Hall–Kier alpha value is -4.24. The van der Waals surface area contributed by atoms with Gasteiger partial charge < -0.3 is 26.4 Å². The Kier molecular flexibility index (Phi) is 11.0. The minimum atomic E-state index is 0.0261. The maximum Gasteiger partial charge on any atom is 0.224 e. The second-order valence-corrected chi connectivity index (χ2v) is 11.4. The molecule has 2 atom stereocenters. The summed E-state index contributed by atoms with van der Waals surface area (Å²) >= 11 is 0. The van der Waals surface area contributed by atoms with E-state index in [4.69, 9.17) is 19.9 Å². The van der Waals surface area contributed by atoms with Gasteiger partial charge in [-0.2, -0.15) is 9.97 Å². The number of hydrogen-bond acceptors (Lipinski definition) is 9. The Morgan fingerprint density at radius 3 is 1.34 bits per heavy atom. The number of anilines is 4. The molecule has 2 heterocycles. The van der Waals surface area contributed by atoms with E-state index >= 15 is 0 Å². The van der Waals surface area contributed by atoms with Crippen LogP contribution in [-0.4, -0.2) is 57.8 Å². The number of rotatable bonds is 16. The summed E-state index contributed by atoms with van der Waals surface area (Å²) in [5.41, 5.74) is 4.51. The van der Waals surface area contributed by atoms with Gasteiger partial charge in [0.05, 0.1) is 18.0 Å². The van der Waals surface area contributed by atoms with Gasteiger partial charge in [0.1, 0.15) is 11.6 Å². The van der Waals surface area contributed by atoms with Gasteiger partial charge in [0.15, 0.2) is 0 Å². The minimum Gasteiger partial charge on any atom is -0.395 e. The summed E-state index contributed by atoms with van der Waals surface area (Å²) in [6.07, 6.45) is 2.97. The van der Waals surface area contributed by atoms with Gasteiger partial charge in [-0.3, -0.25) is 0 Å². The number of benzene rings is 2. The molecule has 0 aliphatic heterocycles. The zero-order valence-electron chi connectivity index (χ0n) is 26.1. The van der Waals surface area contributed by atoms with Crippen molar-refractivity contribution in [1.82, 2.24) is 19.9 Å². The first-order valence-corrected chi connectivity index (χ1v) is 16.1. The first-order chi connectivity index (χ1) is 21.7. The van der Waals surface area contributed by atoms with Crippen molar-refractivity contribution in [2.75, 3.05) is 54.1 Å². The molecule has 5 rings (SSSR count). The van der Waals surface area contributed by atoms with Gasteiger partial charge in [-0.25, -0.2) is 9.97 Å². The van der Waals surface area contributed by atoms with Gasteiger partial charge in [0.25, 0.3) is 0 Å². The van der Waals surface area contributed by atoms with Crippen LogP contribution in [0.4, 0.5) is 23.5 Å². The number of aliphatic hydroxyl groups excluding tert-OH is 1. The zero-order chi connectivity index (χ0) is 30.7. The minimum absolute atomic E-state index is 0.0261. The lowest BCUT2D eigenvalue weighted by atomic mass is 9.50. The quantitative estimate of drug-likeness (QED) is 0.0979. The van der Waals surface area contributed by atoms with E-state index in [2.05, 4.69) is 115 Å². The molecule has 5 N–H and O–H groups in total. The largest absolute Gasteiger partial charge is 0.395 e. The number of nitrogens with zero attached hydrogens (tertiary/aromatic N) is 4. The van der Waals surface area contributed by atoms with Crippen molar-refractivity contribution in [3.05, 3.63) is 95.3 Å². The molecule has 1 aliphatic carbocycles. The van der Waals surface area contributed by atoms with Crippen molar-refractivity contribution in [1.29, 1.82) is 0 Å². The van der Waals surface area contributed by atoms with Gasteiger partial charge in [-0.15, -0.1) is 0 Å². The van der Waals surface area contributed by atoms with Crippen LogP contribution in [0, 0.1) is 0 Å². The van der Waals surface area contributed by atoms with Crippen molar-refractivity contribution in [2.24, 2.45) is 0 Å². The fourth-order valence-electron chi connectivity index (χ4n) is 6.19. The summed E-state index contributed by atoms with van der Waals surface area (Å²) in [6.45, 7) is 9.32. The molecule has 44 heavy (non-hydrogen) atoms. The normalized spacial score (nSPS) is 19.2. The highest BCUT2D eigenvalue weighted by atomic mass is 16.3. The van der Waals surface area contributed by atoms with Crippen molar-refractivity contribution in [2.45, 2.75) is 63.7 Å². The van der Waals surface area contributed by atoms with Gasteiger partial charge >= 0.3 is 0 Å². The Morgan fingerprint density at radius 1 is 0.523 bits per heavy atom. The third-order valence-electron chi connectivity index (χ3n) is 8.13. The second kappa shape index (κ2) is 15.5. The summed E-state index contributed by atoms with van der Waals surface area (Å²) in [5, 5.41) is 23.2. The highest BCUT2D eigenvalue weighted by Gasteiger charge is 2.54. The van der Waals surface area contributed by atoms with E-state index in [1.165, 1.54) is 11.1 Å². The summed E-state index contributed by atoms with van der Waals surface area (Å²) in [5.74, 6) is 3.22. The molecule has 0 radical (unpaired) electrons. The van der Waals surface area contributed by atoms with Crippen LogP contribution >= 0.6 is 0 Å². The second-order valence-electron chi connectivity index (χ2n) is 11.4. The van der Waals surface area contributed by atoms with E-state index in [0.717, 1.165) is 56.1 Å². The molecule has 1 saturated carbocycles. The third-order valence-corrected chi connectivity index (χ3v) is 8.13. The van der Waals surface area contributed by atoms with Gasteiger partial charge in [0, 0.05) is 62.0 Å². The molecular formula is C35H46N8O. The van der Waals surface area contributed by atoms with Crippen molar-refractivity contribution < 1.29 is 5.11 Å². The predicted octanol–water partition coefficient (Wildman–Crippen LogP) is 6.59. The van der Waals surface area contributed by atoms with Gasteiger partial charge in [-0.1, -0.05) is 81.4 Å². The standard InChI is InChI=1S/C35H46N8O/c1-4-17-36-28-22-26(40-34(42-28)38-18-5-2)32-30(24-13-9-7-10-14-24)33(31(32)25-15-11-8-12-16-25)27-23-29(37-20-21-44)43-35(41-27)39-19-6-3/h7-16,22-23,30-33,44H,4-6,17-21H2,1-3H3,(H2,36,38,40,42)(H2,37,39,41,43)/t30-,31-,32-,33-/m0/s1. The van der Waals surface area contributed by atoms with Crippen LogP contribution in [0.15, 0.2) is 72.8 Å². The maximum absolute atomic E-state index is 9.53. The molecule has 9 nitrogen and oxygen atoms in total. The Bertz CT molecular complexity index is 1280. The smallest absolute Gasteiger partial charge is 0.224 e. The Morgan fingerprint density at radius 2 is 0.932 bits per heavy atom. The van der Waals surface area contributed by atoms with E-state index in [1.54, 1.807) is 0 Å². The summed E-state index contributed by atoms with van der Waals surface area (Å²) in [7, 11) is 0. The number of aromatic nitrogens is 4. The van der Waals surface area contributed by atoms with Crippen molar-refractivity contribution in [3.63, 3.8) is 0 Å². The van der Waals surface area contributed by atoms with Crippen LogP contribution in [-0.2, 0) is 0 Å². The Labute approximate surface area is 261 Å². The van der Waals surface area contributed by atoms with Crippen LogP contribution in [0.1, 0.15) is 86.2 Å². The molecule has 1 fully saturated rings. The number of hydrogen-bond donors (Lipinski definition) is 5. The lowest BCUT2D eigenvalue weighted by Gasteiger charge is -2.52. The third kappa shape index (κ3) is 7.27. The first kappa shape index (κ1) is 31.2. The average molecular weight is 595 g/mol. The topological polar surface area (TPSA) is 120 Å². The Balaban J connectivity index is 1.67. The highest BCUT2D eigenvalue weighted by molar-refractivity contribution is 5.52. The fourth-order valence-corrected chi connectivity index (χ4v) is 6.19. The molecule has 1 aliphatic rings. The molecule has 0 amide bonds. The molecule has 2 aromatic heterocycles. The summed E-state index contributed by atoms with van der Waals surface area (Å²) < 4.78 is 0. The van der Waals surface area contributed by atoms with Crippen LogP contribution in [0.2, 0.25) is 0 Å². The van der Waals surface area contributed by atoms with Gasteiger partial charge in [0.2, 0.25) is 11.9 Å². The maximum atomic E-state index is 9.53. The molecule has 232 valence electrons. The first-order valence-electron chi connectivity index (χ1n) is 16.1. The fraction of sp³-hybridized carbons (Fsp3) is 0.429. The van der Waals surface area contributed by atoms with Crippen molar-refractivity contribution >= 4 is 23.5 Å². The summed E-state index contributed by atoms with van der Waals surface area (Å²) in [6, 6.07) is 25.7. The van der Waals surface area contributed by atoms with E-state index < -0.39 is 0 Å². The van der Waals surface area contributed by atoms with Gasteiger partial charge in [-0.05, 0) is 30.4 Å². The molecular weight excluding hydrogens is 548 g/mol. The zero-order valence-corrected chi connectivity index (χ0v) is 26.1. The monoisotopic (exact) mass is 594 g/mol. The SMILES string of the molecule is CCCNc1cc([C@H]2[C@H](c3ccccc3)[C@H](c3cc(NCCO)nc(NCCC)n3)[C@H]2c2ccccc2)nc(NCCC)n1. The lowest BCUT2D eigenvalue weighted by Crippen LogP contribution is -2.41. The van der Waals surface area contributed by atoms with Crippen LogP contribution in [0.25, 0.3) is 0 Å². The predicted molar refractivity (Wildman–Crippen MR) is 180 cm³/mol. The molecule has 4 aromatic rings. The summed E-state index contributed by atoms with van der Waals surface area (Å²) in [4.78, 5) is 19.8. The van der Waals surface area contributed by atoms with E-state index in [-0.39, 0.29) is 30.3 Å². The van der Waals surface area contributed by atoms with Crippen LogP contribution < -0.4 is 21.3 Å². The molecule has 2 aromatic carbocycles. The molecule has 0 spiro atoms. The molecule has 9 heteroatoms. The highest BCUT2D eigenvalue weighted by Crippen LogP contribution is 2.66. The number of aliphatic hydroxyl groups is 1. The average Bonchev–Trinajstić information content (AvgIpc) is 3.05.